The van der Waals surface area contributed by atoms with Gasteiger partial charge in [0.1, 0.15) is 23.9 Å². The fourth-order valence-electron chi connectivity index (χ4n) is 3.97. The standard InChI is InChI=1S/C24H36N8O7/c25-19(34)12-18(22(37)30-16(23(38)39)4-2-10-29-24(26)27)32-21(36)17(11-13-5-7-14(33)8-6-13)31-20(35)15-3-1-9-28-15/h5-8,15-18,28,33H,1-4,9-12H2,(H2,25,34)(H,30,37)(H,31,35)(H,32,36)(H,38,39)(H4,26,27,29). The van der Waals surface area contributed by atoms with Crippen LogP contribution in [0.5, 0.6) is 5.75 Å². The van der Waals surface area contributed by atoms with Crippen LogP contribution in [0.2, 0.25) is 0 Å². The molecule has 1 heterocycles. The van der Waals surface area contributed by atoms with Gasteiger partial charge in [-0.15, -0.1) is 0 Å². The van der Waals surface area contributed by atoms with Crippen LogP contribution in [0, 0.1) is 0 Å². The number of hydrogen-bond donors (Lipinski definition) is 9. The van der Waals surface area contributed by atoms with Crippen LogP contribution >= 0.6 is 0 Å². The summed E-state index contributed by atoms with van der Waals surface area (Å²) in [5, 5.41) is 29.5. The number of carbonyl (C=O) groups excluding carboxylic acids is 4. The summed E-state index contributed by atoms with van der Waals surface area (Å²) in [5.41, 5.74) is 16.4. The Balaban J connectivity index is 2.16. The van der Waals surface area contributed by atoms with Crippen LogP contribution in [0.3, 0.4) is 0 Å². The second-order valence-corrected chi connectivity index (χ2v) is 9.16. The van der Waals surface area contributed by atoms with Gasteiger partial charge >= 0.3 is 5.97 Å². The number of amides is 4. The second kappa shape index (κ2) is 15.1. The zero-order valence-corrected chi connectivity index (χ0v) is 21.4. The molecule has 1 saturated heterocycles. The number of hydrogen-bond acceptors (Lipinski definition) is 8. The summed E-state index contributed by atoms with van der Waals surface area (Å²) in [6.07, 6.45) is 0.997. The molecule has 39 heavy (non-hydrogen) atoms. The molecule has 4 amide bonds. The number of aliphatic carboxylic acids is 1. The van der Waals surface area contributed by atoms with Gasteiger partial charge < -0.3 is 48.7 Å². The van der Waals surface area contributed by atoms with E-state index in [2.05, 4.69) is 26.3 Å². The molecule has 15 nitrogen and oxygen atoms in total. The summed E-state index contributed by atoms with van der Waals surface area (Å²) >= 11 is 0. The van der Waals surface area contributed by atoms with Gasteiger partial charge in [0.05, 0.1) is 12.5 Å². The molecule has 0 spiro atoms. The average molecular weight is 549 g/mol. The number of aromatic hydroxyl groups is 1. The highest BCUT2D eigenvalue weighted by atomic mass is 16.4. The van der Waals surface area contributed by atoms with E-state index in [1.807, 2.05) is 0 Å². The number of nitrogens with two attached hydrogens (primary N) is 3. The lowest BCUT2D eigenvalue weighted by Gasteiger charge is -2.25. The Kier molecular flexibility index (Phi) is 11.9. The van der Waals surface area contributed by atoms with Gasteiger partial charge in [-0.3, -0.25) is 24.2 Å². The van der Waals surface area contributed by atoms with E-state index in [0.29, 0.717) is 18.5 Å². The van der Waals surface area contributed by atoms with Crippen LogP contribution in [0.4, 0.5) is 0 Å². The lowest BCUT2D eigenvalue weighted by atomic mass is 10.0. The summed E-state index contributed by atoms with van der Waals surface area (Å²) in [6.45, 7) is 0.794. The van der Waals surface area contributed by atoms with Crippen molar-refractivity contribution in [1.82, 2.24) is 21.3 Å². The predicted molar refractivity (Wildman–Crippen MR) is 140 cm³/mol. The number of carboxylic acids is 1. The van der Waals surface area contributed by atoms with Gasteiger partial charge in [0.15, 0.2) is 5.96 Å². The van der Waals surface area contributed by atoms with Gasteiger partial charge in [-0.2, -0.15) is 0 Å². The fourth-order valence-corrected chi connectivity index (χ4v) is 3.97. The second-order valence-electron chi connectivity index (χ2n) is 9.16. The zero-order valence-electron chi connectivity index (χ0n) is 21.4. The molecule has 1 aliphatic rings. The minimum Gasteiger partial charge on any atom is -0.508 e. The van der Waals surface area contributed by atoms with E-state index in [-0.39, 0.29) is 37.5 Å². The third-order valence-corrected chi connectivity index (χ3v) is 5.98. The van der Waals surface area contributed by atoms with Gasteiger partial charge in [-0.25, -0.2) is 4.79 Å². The van der Waals surface area contributed by atoms with Crippen molar-refractivity contribution in [3.63, 3.8) is 0 Å². The third kappa shape index (κ3) is 10.9. The quantitative estimate of drug-likeness (QED) is 0.0615. The van der Waals surface area contributed by atoms with Crippen LogP contribution in [0.15, 0.2) is 29.3 Å². The highest BCUT2D eigenvalue weighted by Crippen LogP contribution is 2.13. The molecule has 0 radical (unpaired) electrons. The molecule has 1 aromatic carbocycles. The first kappa shape index (κ1) is 30.8. The van der Waals surface area contributed by atoms with Crippen molar-refractivity contribution >= 4 is 35.6 Å². The maximum Gasteiger partial charge on any atom is 0.326 e. The molecule has 15 heteroatoms. The van der Waals surface area contributed by atoms with E-state index in [4.69, 9.17) is 17.2 Å². The van der Waals surface area contributed by atoms with Gasteiger partial charge in [0, 0.05) is 13.0 Å². The Morgan fingerprint density at radius 3 is 2.18 bits per heavy atom. The molecule has 1 fully saturated rings. The largest absolute Gasteiger partial charge is 0.508 e. The van der Waals surface area contributed by atoms with E-state index in [1.165, 1.54) is 12.1 Å². The highest BCUT2D eigenvalue weighted by molar-refractivity contribution is 5.96. The maximum atomic E-state index is 13.3. The molecular weight excluding hydrogens is 512 g/mol. The lowest BCUT2D eigenvalue weighted by molar-refractivity contribution is -0.142. The van der Waals surface area contributed by atoms with Crippen molar-refractivity contribution in [3.8, 4) is 5.75 Å². The summed E-state index contributed by atoms with van der Waals surface area (Å²) < 4.78 is 0. The van der Waals surface area contributed by atoms with E-state index >= 15 is 0 Å². The molecule has 1 aliphatic heterocycles. The lowest BCUT2D eigenvalue weighted by Crippen LogP contribution is -2.58. The average Bonchev–Trinajstić information content (AvgIpc) is 3.41. The number of benzene rings is 1. The van der Waals surface area contributed by atoms with Crippen molar-refractivity contribution in [2.75, 3.05) is 13.1 Å². The Morgan fingerprint density at radius 2 is 1.62 bits per heavy atom. The topological polar surface area (TPSA) is 264 Å². The smallest absolute Gasteiger partial charge is 0.326 e. The number of aliphatic imine (C=N–C) groups is 1. The van der Waals surface area contributed by atoms with Crippen molar-refractivity contribution in [1.29, 1.82) is 0 Å². The predicted octanol–water partition coefficient (Wildman–Crippen LogP) is -2.85. The molecule has 0 bridgehead atoms. The van der Waals surface area contributed by atoms with Crippen LogP contribution in [-0.2, 0) is 30.4 Å². The number of guanidine groups is 1. The summed E-state index contributed by atoms with van der Waals surface area (Å²) in [7, 11) is 0. The van der Waals surface area contributed by atoms with Crippen LogP contribution in [0.1, 0.15) is 37.7 Å². The Labute approximate surface area is 225 Å². The number of rotatable bonds is 15. The minimum atomic E-state index is -1.50. The summed E-state index contributed by atoms with van der Waals surface area (Å²) in [4.78, 5) is 66.0. The Bertz CT molecular complexity index is 1050. The minimum absolute atomic E-state index is 0.0119. The van der Waals surface area contributed by atoms with E-state index in [1.54, 1.807) is 12.1 Å². The molecule has 214 valence electrons. The number of carbonyl (C=O) groups is 5. The number of phenolic OH excluding ortho intramolecular Hbond substituents is 1. The fraction of sp³-hybridized carbons (Fsp3) is 0.500. The van der Waals surface area contributed by atoms with E-state index in [0.717, 1.165) is 6.42 Å². The van der Waals surface area contributed by atoms with Crippen molar-refractivity contribution in [3.05, 3.63) is 29.8 Å². The third-order valence-electron chi connectivity index (χ3n) is 5.98. The molecule has 4 unspecified atom stereocenters. The highest BCUT2D eigenvalue weighted by Gasteiger charge is 2.32. The number of nitrogens with zero attached hydrogens (tertiary/aromatic N) is 1. The van der Waals surface area contributed by atoms with Crippen molar-refractivity contribution < 1.29 is 34.2 Å². The van der Waals surface area contributed by atoms with Gasteiger partial charge in [0.2, 0.25) is 23.6 Å². The normalized spacial score (nSPS) is 16.8. The Morgan fingerprint density at radius 1 is 0.974 bits per heavy atom. The number of carboxylic acid groups (broad SMARTS) is 1. The molecule has 4 atom stereocenters. The monoisotopic (exact) mass is 548 g/mol. The molecule has 1 aromatic rings. The first-order valence-electron chi connectivity index (χ1n) is 12.4. The summed E-state index contributed by atoms with van der Waals surface area (Å²) in [5.74, 6) is -4.52. The Hall–Kier alpha value is -4.40. The molecular formula is C24H36N8O7. The number of nitrogens with one attached hydrogen (secondary N) is 4. The van der Waals surface area contributed by atoms with Crippen LogP contribution < -0.4 is 38.5 Å². The van der Waals surface area contributed by atoms with Crippen LogP contribution in [-0.4, -0.2) is 83.0 Å². The maximum absolute atomic E-state index is 13.3. The van der Waals surface area contributed by atoms with Gasteiger partial charge in [0.25, 0.3) is 0 Å². The van der Waals surface area contributed by atoms with Crippen LogP contribution in [0.25, 0.3) is 0 Å². The zero-order chi connectivity index (χ0) is 28.9. The van der Waals surface area contributed by atoms with Gasteiger partial charge in [-0.1, -0.05) is 12.1 Å². The number of primary amides is 1. The van der Waals surface area contributed by atoms with E-state index < -0.39 is 60.2 Å². The van der Waals surface area contributed by atoms with Crippen molar-refractivity contribution in [2.45, 2.75) is 62.7 Å². The SMILES string of the molecule is NC(=O)CC(NC(=O)C(Cc1ccc(O)cc1)NC(=O)C1CCCN1)C(=O)NC(CCCN=C(N)N)C(=O)O. The molecule has 0 saturated carbocycles. The molecule has 0 aromatic heterocycles. The first-order chi connectivity index (χ1) is 18.5. The van der Waals surface area contributed by atoms with Crippen molar-refractivity contribution in [2.24, 2.45) is 22.2 Å². The summed E-state index contributed by atoms with van der Waals surface area (Å²) in [6, 6.07) is 1.51. The molecule has 2 rings (SSSR count). The number of phenols is 1. The molecule has 12 N–H and O–H groups in total. The first-order valence-corrected chi connectivity index (χ1v) is 12.4. The van der Waals surface area contributed by atoms with Gasteiger partial charge in [-0.05, 0) is 49.9 Å². The molecule has 0 aliphatic carbocycles. The van der Waals surface area contributed by atoms with E-state index in [9.17, 15) is 34.2 Å².